The fraction of sp³-hybridized carbons (Fsp3) is 0.0833. The molecule has 0 saturated heterocycles. The van der Waals surface area contributed by atoms with Gasteiger partial charge >= 0.3 is 0 Å². The number of hydrogen-bond donors (Lipinski definition) is 3. The van der Waals surface area contributed by atoms with Crippen LogP contribution in [0.25, 0.3) is 0 Å². The molecule has 4 nitrogen and oxygen atoms in total. The summed E-state index contributed by atoms with van der Waals surface area (Å²) in [5.41, 5.74) is 3.36. The van der Waals surface area contributed by atoms with Crippen LogP contribution >= 0.6 is 35.0 Å². The molecule has 0 aliphatic heterocycles. The third kappa shape index (κ3) is 3.25. The largest absolute Gasteiger partial charge is 0.338 e. The van der Waals surface area contributed by atoms with Crippen LogP contribution in [0.3, 0.4) is 0 Å². The van der Waals surface area contributed by atoms with Crippen molar-refractivity contribution in [2.75, 3.05) is 17.0 Å². The maximum Gasteiger partial charge on any atom is 0.161 e. The maximum atomic E-state index is 6.12. The summed E-state index contributed by atoms with van der Waals surface area (Å²) in [6.07, 6.45) is 2.00. The lowest BCUT2D eigenvalue weighted by molar-refractivity contribution is 1.22. The number of halogens is 2. The van der Waals surface area contributed by atoms with Gasteiger partial charge in [-0.25, -0.2) is 10.8 Å². The molecule has 0 fully saturated rings. The van der Waals surface area contributed by atoms with Gasteiger partial charge in [0.1, 0.15) is 0 Å². The predicted octanol–water partition coefficient (Wildman–Crippen LogP) is 4.14. The van der Waals surface area contributed by atoms with Crippen molar-refractivity contribution in [3.63, 3.8) is 0 Å². The van der Waals surface area contributed by atoms with Crippen LogP contribution in [0.15, 0.2) is 35.2 Å². The van der Waals surface area contributed by atoms with Crippen molar-refractivity contribution in [1.29, 1.82) is 0 Å². The highest BCUT2D eigenvalue weighted by molar-refractivity contribution is 7.98. The number of pyridine rings is 1. The van der Waals surface area contributed by atoms with Crippen molar-refractivity contribution in [3.8, 4) is 0 Å². The van der Waals surface area contributed by atoms with E-state index in [0.29, 0.717) is 21.7 Å². The van der Waals surface area contributed by atoms with Gasteiger partial charge in [0.05, 0.1) is 15.7 Å². The molecule has 1 heterocycles. The number of benzene rings is 1. The second kappa shape index (κ2) is 6.34. The summed E-state index contributed by atoms with van der Waals surface area (Å²) in [7, 11) is 0. The number of hydrogen-bond acceptors (Lipinski definition) is 5. The van der Waals surface area contributed by atoms with Gasteiger partial charge in [-0.2, -0.15) is 0 Å². The van der Waals surface area contributed by atoms with Gasteiger partial charge in [-0.3, -0.25) is 0 Å². The molecule has 2 rings (SSSR count). The molecule has 0 amide bonds. The summed E-state index contributed by atoms with van der Waals surface area (Å²) >= 11 is 13.7. The highest BCUT2D eigenvalue weighted by Crippen LogP contribution is 2.33. The zero-order valence-corrected chi connectivity index (χ0v) is 12.4. The van der Waals surface area contributed by atoms with Gasteiger partial charge in [-0.15, -0.1) is 11.8 Å². The number of rotatable bonds is 4. The molecule has 0 aliphatic rings. The molecule has 7 heteroatoms. The first-order valence-corrected chi connectivity index (χ1v) is 7.36. The number of anilines is 3. The molecule has 1 aromatic heterocycles. The lowest BCUT2D eigenvalue weighted by Crippen LogP contribution is -2.10. The normalized spacial score (nSPS) is 10.3. The molecule has 0 saturated carbocycles. The average Bonchev–Trinajstić information content (AvgIpc) is 2.42. The summed E-state index contributed by atoms with van der Waals surface area (Å²) in [6.45, 7) is 0. The van der Waals surface area contributed by atoms with Crippen molar-refractivity contribution in [1.82, 2.24) is 4.98 Å². The Hall–Kier alpha value is -1.14. The molecule has 2 aromatic rings. The van der Waals surface area contributed by atoms with Gasteiger partial charge < -0.3 is 10.7 Å². The molecule has 0 bridgehead atoms. The maximum absolute atomic E-state index is 6.12. The van der Waals surface area contributed by atoms with Gasteiger partial charge in [0.2, 0.25) is 0 Å². The molecule has 0 unspecified atom stereocenters. The summed E-state index contributed by atoms with van der Waals surface area (Å²) in [5.74, 6) is 6.22. The van der Waals surface area contributed by atoms with E-state index in [4.69, 9.17) is 29.0 Å². The van der Waals surface area contributed by atoms with E-state index in [-0.39, 0.29) is 0 Å². The minimum Gasteiger partial charge on any atom is -0.338 e. The number of hydrazine groups is 1. The molecule has 19 heavy (non-hydrogen) atoms. The third-order valence-corrected chi connectivity index (χ3v) is 3.80. The summed E-state index contributed by atoms with van der Waals surface area (Å²) in [5, 5.41) is 3.98. The van der Waals surface area contributed by atoms with Crippen molar-refractivity contribution in [3.05, 3.63) is 40.4 Å². The highest BCUT2D eigenvalue weighted by atomic mass is 35.5. The molecule has 100 valence electrons. The van der Waals surface area contributed by atoms with E-state index in [1.54, 1.807) is 17.8 Å². The summed E-state index contributed by atoms with van der Waals surface area (Å²) in [6, 6.07) is 9.47. The van der Waals surface area contributed by atoms with Crippen LogP contribution in [-0.2, 0) is 0 Å². The summed E-state index contributed by atoms with van der Waals surface area (Å²) in [4.78, 5) is 5.34. The van der Waals surface area contributed by atoms with E-state index in [0.717, 1.165) is 10.6 Å². The van der Waals surface area contributed by atoms with E-state index < -0.39 is 0 Å². The van der Waals surface area contributed by atoms with Crippen LogP contribution in [0.4, 0.5) is 17.3 Å². The van der Waals surface area contributed by atoms with Gasteiger partial charge in [-0.05, 0) is 24.5 Å². The Labute approximate surface area is 125 Å². The second-order valence-electron chi connectivity index (χ2n) is 3.62. The van der Waals surface area contributed by atoms with Gasteiger partial charge in [-0.1, -0.05) is 35.3 Å². The van der Waals surface area contributed by atoms with Crippen LogP contribution in [0.2, 0.25) is 10.0 Å². The number of thioether (sulfide) groups is 1. The zero-order chi connectivity index (χ0) is 13.8. The van der Waals surface area contributed by atoms with Crippen molar-refractivity contribution in [2.24, 2.45) is 5.84 Å². The van der Waals surface area contributed by atoms with Crippen LogP contribution in [0.5, 0.6) is 0 Å². The van der Waals surface area contributed by atoms with Crippen LogP contribution in [0, 0.1) is 0 Å². The first kappa shape index (κ1) is 14.3. The molecule has 0 atom stereocenters. The van der Waals surface area contributed by atoms with Crippen LogP contribution < -0.4 is 16.6 Å². The van der Waals surface area contributed by atoms with Gasteiger partial charge in [0.25, 0.3) is 0 Å². The Bertz CT molecular complexity index is 592. The lowest BCUT2D eigenvalue weighted by atomic mass is 10.3. The SMILES string of the molecule is CSc1ccccc1Nc1nc(NN)c(Cl)cc1Cl. The average molecular weight is 315 g/mol. The number of nitrogens with two attached hydrogens (primary N) is 1. The topological polar surface area (TPSA) is 63.0 Å². The Balaban J connectivity index is 2.38. The molecule has 4 N–H and O–H groups in total. The Morgan fingerprint density at radius 1 is 1.16 bits per heavy atom. The third-order valence-electron chi connectivity index (χ3n) is 2.43. The zero-order valence-electron chi connectivity index (χ0n) is 10.1. The number of nitrogens with one attached hydrogen (secondary N) is 2. The Morgan fingerprint density at radius 2 is 1.84 bits per heavy atom. The van der Waals surface area contributed by atoms with E-state index in [1.165, 1.54) is 0 Å². The Morgan fingerprint density at radius 3 is 2.53 bits per heavy atom. The molecular weight excluding hydrogens is 303 g/mol. The number of nitrogen functional groups attached to an aromatic ring is 1. The lowest BCUT2D eigenvalue weighted by Gasteiger charge is -2.12. The molecule has 0 aliphatic carbocycles. The van der Waals surface area contributed by atoms with Crippen molar-refractivity contribution >= 4 is 52.3 Å². The van der Waals surface area contributed by atoms with Gasteiger partial charge in [0.15, 0.2) is 11.6 Å². The van der Waals surface area contributed by atoms with Crippen LogP contribution in [0.1, 0.15) is 0 Å². The second-order valence-corrected chi connectivity index (χ2v) is 5.28. The monoisotopic (exact) mass is 314 g/mol. The quantitative estimate of drug-likeness (QED) is 0.450. The predicted molar refractivity (Wildman–Crippen MR) is 83.6 cm³/mol. The van der Waals surface area contributed by atoms with Crippen molar-refractivity contribution in [2.45, 2.75) is 4.90 Å². The standard InChI is InChI=1S/C12H12Cl2N4S/c1-19-10-5-3-2-4-9(10)16-11-7(13)6-8(14)12(17-11)18-15/h2-6H,15H2,1H3,(H2,16,17,18). The van der Waals surface area contributed by atoms with Crippen LogP contribution in [-0.4, -0.2) is 11.2 Å². The van der Waals surface area contributed by atoms with E-state index in [2.05, 4.69) is 15.7 Å². The summed E-state index contributed by atoms with van der Waals surface area (Å²) < 4.78 is 0. The van der Waals surface area contributed by atoms with Gasteiger partial charge in [0, 0.05) is 4.90 Å². The van der Waals surface area contributed by atoms with E-state index >= 15 is 0 Å². The van der Waals surface area contributed by atoms with E-state index in [1.807, 2.05) is 30.5 Å². The first-order chi connectivity index (χ1) is 9.15. The highest BCUT2D eigenvalue weighted by Gasteiger charge is 2.10. The Kier molecular flexibility index (Phi) is 4.76. The number of aromatic nitrogens is 1. The minimum atomic E-state index is 0.371. The van der Waals surface area contributed by atoms with Crippen molar-refractivity contribution < 1.29 is 0 Å². The minimum absolute atomic E-state index is 0.371. The molecule has 1 aromatic carbocycles. The fourth-order valence-electron chi connectivity index (χ4n) is 1.53. The number of nitrogens with zero attached hydrogens (tertiary/aromatic N) is 1. The van der Waals surface area contributed by atoms with E-state index in [9.17, 15) is 0 Å². The molecule has 0 radical (unpaired) electrons. The fourth-order valence-corrected chi connectivity index (χ4v) is 2.54. The number of para-hydroxylation sites is 1. The smallest absolute Gasteiger partial charge is 0.161 e. The molecule has 0 spiro atoms. The first-order valence-electron chi connectivity index (χ1n) is 5.38. The molecular formula is C12H12Cl2N4S.